The minimum absolute atomic E-state index is 0.00218. The molecule has 0 radical (unpaired) electrons. The molecular weight excluding hydrogens is 376 g/mol. The standard InChI is InChI=1S/C16H15BrN4O3/c17-12-6-8-15(9-7-12)24-11-14(22)10-20-16(23)21(19-18-20)13-4-2-1-3-5-13/h1-9,14,22H,10-11H2/t14-/m1/s1. The van der Waals surface area contributed by atoms with Crippen molar-refractivity contribution in [2.75, 3.05) is 6.61 Å². The van der Waals surface area contributed by atoms with E-state index in [0.717, 1.165) is 9.15 Å². The van der Waals surface area contributed by atoms with Crippen LogP contribution in [0.1, 0.15) is 0 Å². The molecule has 0 aliphatic heterocycles. The van der Waals surface area contributed by atoms with Crippen molar-refractivity contribution in [1.82, 2.24) is 19.8 Å². The fourth-order valence-electron chi connectivity index (χ4n) is 2.10. The lowest BCUT2D eigenvalue weighted by Crippen LogP contribution is -2.31. The summed E-state index contributed by atoms with van der Waals surface area (Å²) in [5.74, 6) is 0.637. The highest BCUT2D eigenvalue weighted by Crippen LogP contribution is 2.16. The van der Waals surface area contributed by atoms with Crippen LogP contribution in [-0.2, 0) is 6.54 Å². The van der Waals surface area contributed by atoms with E-state index in [0.29, 0.717) is 11.4 Å². The molecule has 124 valence electrons. The molecule has 0 unspecified atom stereocenters. The third-order valence-corrected chi connectivity index (χ3v) is 3.81. The van der Waals surface area contributed by atoms with E-state index in [-0.39, 0.29) is 13.2 Å². The highest BCUT2D eigenvalue weighted by Gasteiger charge is 2.13. The molecule has 0 saturated carbocycles. The number of hydrogen-bond acceptors (Lipinski definition) is 5. The average Bonchev–Trinajstić information content (AvgIpc) is 2.96. The van der Waals surface area contributed by atoms with Crippen molar-refractivity contribution in [2.24, 2.45) is 0 Å². The van der Waals surface area contributed by atoms with Crippen molar-refractivity contribution in [3.05, 3.63) is 69.6 Å². The van der Waals surface area contributed by atoms with Crippen LogP contribution in [0.25, 0.3) is 5.69 Å². The van der Waals surface area contributed by atoms with Gasteiger partial charge in [-0.05, 0) is 46.8 Å². The first-order valence-electron chi connectivity index (χ1n) is 7.28. The van der Waals surface area contributed by atoms with Gasteiger partial charge in [-0.25, -0.2) is 4.79 Å². The van der Waals surface area contributed by atoms with E-state index >= 15 is 0 Å². The Labute approximate surface area is 146 Å². The van der Waals surface area contributed by atoms with E-state index in [2.05, 4.69) is 26.4 Å². The van der Waals surface area contributed by atoms with Crippen LogP contribution >= 0.6 is 15.9 Å². The summed E-state index contributed by atoms with van der Waals surface area (Å²) in [5.41, 5.74) is 0.207. The summed E-state index contributed by atoms with van der Waals surface area (Å²) in [6, 6.07) is 16.2. The average molecular weight is 391 g/mol. The molecule has 1 heterocycles. The van der Waals surface area contributed by atoms with E-state index in [9.17, 15) is 9.90 Å². The van der Waals surface area contributed by atoms with Crippen molar-refractivity contribution in [3.8, 4) is 11.4 Å². The summed E-state index contributed by atoms with van der Waals surface area (Å²) >= 11 is 3.34. The van der Waals surface area contributed by atoms with Gasteiger partial charge in [0.1, 0.15) is 18.5 Å². The first kappa shape index (κ1) is 16.4. The van der Waals surface area contributed by atoms with Crippen LogP contribution in [0.2, 0.25) is 0 Å². The fourth-order valence-corrected chi connectivity index (χ4v) is 2.36. The number of rotatable bonds is 6. The number of aromatic nitrogens is 4. The summed E-state index contributed by atoms with van der Waals surface area (Å²) in [4.78, 5) is 12.3. The number of aliphatic hydroxyl groups excluding tert-OH is 1. The third kappa shape index (κ3) is 3.90. The zero-order valence-corrected chi connectivity index (χ0v) is 14.2. The number of para-hydroxylation sites is 1. The van der Waals surface area contributed by atoms with Crippen LogP contribution in [-0.4, -0.2) is 37.6 Å². The summed E-state index contributed by atoms with van der Waals surface area (Å²) in [5, 5.41) is 17.7. The Bertz CT molecular complexity index is 846. The molecule has 0 aliphatic rings. The second kappa shape index (κ2) is 7.41. The predicted molar refractivity (Wildman–Crippen MR) is 91.3 cm³/mol. The number of benzene rings is 2. The third-order valence-electron chi connectivity index (χ3n) is 3.28. The second-order valence-corrected chi connectivity index (χ2v) is 6.03. The Hall–Kier alpha value is -2.45. The fraction of sp³-hybridized carbons (Fsp3) is 0.188. The first-order valence-corrected chi connectivity index (χ1v) is 8.07. The maximum Gasteiger partial charge on any atom is 0.368 e. The van der Waals surface area contributed by atoms with Crippen molar-refractivity contribution >= 4 is 15.9 Å². The molecule has 0 amide bonds. The lowest BCUT2D eigenvalue weighted by molar-refractivity contribution is 0.0878. The number of tetrazole rings is 1. The van der Waals surface area contributed by atoms with Gasteiger partial charge in [-0.15, -0.1) is 0 Å². The Balaban J connectivity index is 1.63. The van der Waals surface area contributed by atoms with E-state index < -0.39 is 11.8 Å². The van der Waals surface area contributed by atoms with Crippen LogP contribution in [0, 0.1) is 0 Å². The number of nitrogens with zero attached hydrogens (tertiary/aromatic N) is 4. The number of aliphatic hydroxyl groups is 1. The van der Waals surface area contributed by atoms with Crippen LogP contribution in [0.3, 0.4) is 0 Å². The van der Waals surface area contributed by atoms with Gasteiger partial charge in [-0.3, -0.25) is 0 Å². The van der Waals surface area contributed by atoms with Gasteiger partial charge in [-0.1, -0.05) is 34.1 Å². The SMILES string of the molecule is O=c1n(C[C@@H](O)COc2ccc(Br)cc2)nnn1-c1ccccc1. The largest absolute Gasteiger partial charge is 0.491 e. The molecule has 0 spiro atoms. The Morgan fingerprint density at radius 3 is 2.50 bits per heavy atom. The van der Waals surface area contributed by atoms with Crippen molar-refractivity contribution in [1.29, 1.82) is 0 Å². The summed E-state index contributed by atoms with van der Waals surface area (Å²) < 4.78 is 8.73. The molecule has 0 aliphatic carbocycles. The molecule has 1 aromatic heterocycles. The minimum atomic E-state index is -0.882. The predicted octanol–water partition coefficient (Wildman–Crippen LogP) is 1.63. The monoisotopic (exact) mass is 390 g/mol. The molecular formula is C16H15BrN4O3. The van der Waals surface area contributed by atoms with Gasteiger partial charge in [0.15, 0.2) is 0 Å². The van der Waals surface area contributed by atoms with Crippen molar-refractivity contribution in [3.63, 3.8) is 0 Å². The zero-order chi connectivity index (χ0) is 16.9. The Morgan fingerprint density at radius 1 is 1.08 bits per heavy atom. The normalized spacial score (nSPS) is 12.1. The molecule has 8 heteroatoms. The first-order chi connectivity index (χ1) is 11.6. The maximum atomic E-state index is 12.3. The molecule has 1 N–H and O–H groups in total. The lowest BCUT2D eigenvalue weighted by atomic mass is 10.3. The van der Waals surface area contributed by atoms with Gasteiger partial charge in [0.25, 0.3) is 0 Å². The van der Waals surface area contributed by atoms with Gasteiger partial charge in [0, 0.05) is 4.47 Å². The lowest BCUT2D eigenvalue weighted by Gasteiger charge is -2.11. The number of hydrogen-bond donors (Lipinski definition) is 1. The maximum absolute atomic E-state index is 12.3. The van der Waals surface area contributed by atoms with Gasteiger partial charge in [0.05, 0.1) is 12.2 Å². The molecule has 1 atom stereocenters. The van der Waals surface area contributed by atoms with Gasteiger partial charge < -0.3 is 9.84 Å². The molecule has 0 fully saturated rings. The second-order valence-electron chi connectivity index (χ2n) is 5.11. The topological polar surface area (TPSA) is 82.2 Å². The van der Waals surface area contributed by atoms with E-state index in [1.807, 2.05) is 30.3 Å². The van der Waals surface area contributed by atoms with Crippen LogP contribution in [0.15, 0.2) is 63.9 Å². The highest BCUT2D eigenvalue weighted by molar-refractivity contribution is 9.10. The van der Waals surface area contributed by atoms with E-state index in [4.69, 9.17) is 4.74 Å². The number of halogens is 1. The Kier molecular flexibility index (Phi) is 5.07. The molecule has 3 rings (SSSR count). The van der Waals surface area contributed by atoms with Gasteiger partial charge >= 0.3 is 5.69 Å². The van der Waals surface area contributed by atoms with Crippen LogP contribution in [0.4, 0.5) is 0 Å². The summed E-state index contributed by atoms with van der Waals surface area (Å²) in [6.45, 7) is 0.0501. The van der Waals surface area contributed by atoms with Crippen molar-refractivity contribution in [2.45, 2.75) is 12.6 Å². The van der Waals surface area contributed by atoms with E-state index in [1.165, 1.54) is 4.68 Å². The quantitative estimate of drug-likeness (QED) is 0.691. The summed E-state index contributed by atoms with van der Waals surface area (Å²) in [6.07, 6.45) is -0.882. The molecule has 3 aromatic rings. The van der Waals surface area contributed by atoms with Gasteiger partial charge in [-0.2, -0.15) is 9.36 Å². The molecule has 0 bridgehead atoms. The van der Waals surface area contributed by atoms with Crippen LogP contribution < -0.4 is 10.4 Å². The minimum Gasteiger partial charge on any atom is -0.491 e. The zero-order valence-electron chi connectivity index (χ0n) is 12.6. The van der Waals surface area contributed by atoms with E-state index in [1.54, 1.807) is 24.3 Å². The van der Waals surface area contributed by atoms with Gasteiger partial charge in [0.2, 0.25) is 0 Å². The molecule has 0 saturated heterocycles. The molecule has 2 aromatic carbocycles. The van der Waals surface area contributed by atoms with Crippen LogP contribution in [0.5, 0.6) is 5.75 Å². The van der Waals surface area contributed by atoms with Crippen molar-refractivity contribution < 1.29 is 9.84 Å². The molecule has 7 nitrogen and oxygen atoms in total. The smallest absolute Gasteiger partial charge is 0.368 e. The summed E-state index contributed by atoms with van der Waals surface area (Å²) in [7, 11) is 0. The molecule has 24 heavy (non-hydrogen) atoms. The highest BCUT2D eigenvalue weighted by atomic mass is 79.9. The Morgan fingerprint density at radius 2 is 1.79 bits per heavy atom. The number of ether oxygens (including phenoxy) is 1.